The van der Waals surface area contributed by atoms with Crippen LogP contribution in [0.25, 0.3) is 0 Å². The Hall–Kier alpha value is -1.84. The molecular weight excluding hydrogens is 288 g/mol. The molecule has 1 aromatic rings. The van der Waals surface area contributed by atoms with Crippen LogP contribution in [0.5, 0.6) is 0 Å². The second-order valence-corrected chi connectivity index (χ2v) is 6.53. The monoisotopic (exact) mass is 316 g/mol. The van der Waals surface area contributed by atoms with E-state index in [1.54, 1.807) is 12.1 Å². The molecule has 1 unspecified atom stereocenters. The van der Waals surface area contributed by atoms with Gasteiger partial charge in [-0.05, 0) is 31.4 Å². The lowest BCUT2D eigenvalue weighted by atomic mass is 9.95. The first-order chi connectivity index (χ1) is 11.1. The van der Waals surface area contributed by atoms with Crippen molar-refractivity contribution in [3.8, 4) is 0 Å². The molecule has 2 N–H and O–H groups in total. The first-order valence-corrected chi connectivity index (χ1v) is 8.82. The smallest absolute Gasteiger partial charge is 0.253 e. The molecule has 1 saturated carbocycles. The van der Waals surface area contributed by atoms with Gasteiger partial charge in [0, 0.05) is 12.0 Å². The summed E-state index contributed by atoms with van der Waals surface area (Å²) in [6.45, 7) is 3.99. The fourth-order valence-electron chi connectivity index (χ4n) is 3.12. The highest BCUT2D eigenvalue weighted by atomic mass is 16.2. The third-order valence-electron chi connectivity index (χ3n) is 4.54. The number of amides is 2. The fraction of sp³-hybridized carbons (Fsp3) is 0.579. The second-order valence-electron chi connectivity index (χ2n) is 6.53. The van der Waals surface area contributed by atoms with Crippen molar-refractivity contribution in [1.29, 1.82) is 0 Å². The maximum atomic E-state index is 12.5. The van der Waals surface area contributed by atoms with Crippen molar-refractivity contribution in [2.24, 2.45) is 5.92 Å². The highest BCUT2D eigenvalue weighted by molar-refractivity contribution is 6.04. The molecule has 1 atom stereocenters. The van der Waals surface area contributed by atoms with Gasteiger partial charge in [-0.15, -0.1) is 0 Å². The van der Waals surface area contributed by atoms with Crippen LogP contribution in [0.4, 0.5) is 5.69 Å². The van der Waals surface area contributed by atoms with Crippen LogP contribution in [0.1, 0.15) is 69.2 Å². The van der Waals surface area contributed by atoms with E-state index in [0.29, 0.717) is 11.3 Å². The second kappa shape index (κ2) is 8.70. The summed E-state index contributed by atoms with van der Waals surface area (Å²) in [5.74, 6) is -0.157. The van der Waals surface area contributed by atoms with Gasteiger partial charge in [0.05, 0.1) is 11.3 Å². The zero-order chi connectivity index (χ0) is 16.7. The van der Waals surface area contributed by atoms with Crippen molar-refractivity contribution < 1.29 is 9.59 Å². The van der Waals surface area contributed by atoms with Crippen LogP contribution >= 0.6 is 0 Å². The average molecular weight is 316 g/mol. The van der Waals surface area contributed by atoms with Crippen molar-refractivity contribution in [1.82, 2.24) is 5.32 Å². The summed E-state index contributed by atoms with van der Waals surface area (Å²) in [6, 6.07) is 7.52. The standard InChI is InChI=1S/C19H28N2O2/c1-3-9-14(2)18(22)21-17-13-8-7-12-16(17)19(23)20-15-10-5-4-6-11-15/h7-8,12-15H,3-6,9-11H2,1-2H3,(H,20,23)(H,21,22). The van der Waals surface area contributed by atoms with Gasteiger partial charge in [-0.3, -0.25) is 9.59 Å². The molecule has 2 rings (SSSR count). The van der Waals surface area contributed by atoms with Crippen LogP contribution in [0.3, 0.4) is 0 Å². The number of carbonyl (C=O) groups is 2. The summed E-state index contributed by atoms with van der Waals surface area (Å²) in [6.07, 6.45) is 7.53. The Bertz CT molecular complexity index is 536. The molecule has 1 aliphatic rings. The quantitative estimate of drug-likeness (QED) is 0.829. The summed E-state index contributed by atoms with van der Waals surface area (Å²) in [5, 5.41) is 6.03. The summed E-state index contributed by atoms with van der Waals surface area (Å²) < 4.78 is 0. The molecule has 0 radical (unpaired) electrons. The lowest BCUT2D eigenvalue weighted by Gasteiger charge is -2.23. The van der Waals surface area contributed by atoms with Gasteiger partial charge in [-0.2, -0.15) is 0 Å². The fourth-order valence-corrected chi connectivity index (χ4v) is 3.12. The van der Waals surface area contributed by atoms with E-state index in [1.807, 2.05) is 19.1 Å². The highest BCUT2D eigenvalue weighted by Crippen LogP contribution is 2.20. The Labute approximate surface area is 139 Å². The van der Waals surface area contributed by atoms with Crippen molar-refractivity contribution in [2.75, 3.05) is 5.32 Å². The Kier molecular flexibility index (Phi) is 6.63. The molecule has 0 saturated heterocycles. The van der Waals surface area contributed by atoms with Crippen LogP contribution in [0, 0.1) is 5.92 Å². The number of nitrogens with one attached hydrogen (secondary N) is 2. The molecule has 0 bridgehead atoms. The summed E-state index contributed by atoms with van der Waals surface area (Å²) in [5.41, 5.74) is 1.16. The van der Waals surface area contributed by atoms with Crippen molar-refractivity contribution in [3.05, 3.63) is 29.8 Å². The van der Waals surface area contributed by atoms with Crippen molar-refractivity contribution >= 4 is 17.5 Å². The summed E-state index contributed by atoms with van der Waals surface area (Å²) in [4.78, 5) is 24.8. The first-order valence-electron chi connectivity index (χ1n) is 8.82. The molecular formula is C19H28N2O2. The number of para-hydroxylation sites is 1. The predicted molar refractivity (Wildman–Crippen MR) is 93.5 cm³/mol. The Morgan fingerprint density at radius 3 is 2.57 bits per heavy atom. The van der Waals surface area contributed by atoms with E-state index in [9.17, 15) is 9.59 Å². The number of hydrogen-bond donors (Lipinski definition) is 2. The molecule has 1 aromatic carbocycles. The van der Waals surface area contributed by atoms with Gasteiger partial charge in [0.15, 0.2) is 0 Å². The van der Waals surface area contributed by atoms with E-state index in [4.69, 9.17) is 0 Å². The van der Waals surface area contributed by atoms with Gasteiger partial charge in [0.2, 0.25) is 5.91 Å². The number of hydrogen-bond acceptors (Lipinski definition) is 2. The summed E-state index contributed by atoms with van der Waals surface area (Å²) in [7, 11) is 0. The molecule has 0 heterocycles. The van der Waals surface area contributed by atoms with Gasteiger partial charge in [-0.25, -0.2) is 0 Å². The number of anilines is 1. The van der Waals surface area contributed by atoms with Gasteiger partial charge >= 0.3 is 0 Å². The Morgan fingerprint density at radius 1 is 1.17 bits per heavy atom. The summed E-state index contributed by atoms with van der Waals surface area (Å²) >= 11 is 0. The predicted octanol–water partition coefficient (Wildman–Crippen LogP) is 4.12. The lowest BCUT2D eigenvalue weighted by molar-refractivity contribution is -0.119. The van der Waals surface area contributed by atoms with E-state index >= 15 is 0 Å². The van der Waals surface area contributed by atoms with Gasteiger partial charge in [0.1, 0.15) is 0 Å². The molecule has 2 amide bonds. The maximum absolute atomic E-state index is 12.5. The third-order valence-corrected chi connectivity index (χ3v) is 4.54. The zero-order valence-electron chi connectivity index (χ0n) is 14.2. The SMILES string of the molecule is CCCC(C)C(=O)Nc1ccccc1C(=O)NC1CCCCC1. The van der Waals surface area contributed by atoms with Gasteiger partial charge in [-0.1, -0.05) is 51.7 Å². The van der Waals surface area contributed by atoms with E-state index in [2.05, 4.69) is 17.6 Å². The van der Waals surface area contributed by atoms with Crippen LogP contribution in [0.2, 0.25) is 0 Å². The molecule has 1 fully saturated rings. The minimum Gasteiger partial charge on any atom is -0.349 e. The van der Waals surface area contributed by atoms with Crippen LogP contribution in [-0.2, 0) is 4.79 Å². The molecule has 23 heavy (non-hydrogen) atoms. The molecule has 126 valence electrons. The number of carbonyl (C=O) groups excluding carboxylic acids is 2. The Balaban J connectivity index is 2.04. The third kappa shape index (κ3) is 5.08. The zero-order valence-corrected chi connectivity index (χ0v) is 14.2. The molecule has 4 heteroatoms. The van der Waals surface area contributed by atoms with E-state index in [0.717, 1.165) is 25.7 Å². The van der Waals surface area contributed by atoms with Crippen molar-refractivity contribution in [3.63, 3.8) is 0 Å². The van der Waals surface area contributed by atoms with Gasteiger partial charge in [0.25, 0.3) is 5.91 Å². The maximum Gasteiger partial charge on any atom is 0.253 e. The lowest BCUT2D eigenvalue weighted by Crippen LogP contribution is -2.36. The van der Waals surface area contributed by atoms with E-state index in [-0.39, 0.29) is 23.8 Å². The molecule has 4 nitrogen and oxygen atoms in total. The average Bonchev–Trinajstić information content (AvgIpc) is 2.56. The first kappa shape index (κ1) is 17.5. The minimum absolute atomic E-state index is 0.0234. The normalized spacial score (nSPS) is 16.6. The largest absolute Gasteiger partial charge is 0.349 e. The van der Waals surface area contributed by atoms with E-state index in [1.165, 1.54) is 19.3 Å². The number of benzene rings is 1. The molecule has 0 spiro atoms. The molecule has 0 aromatic heterocycles. The van der Waals surface area contributed by atoms with E-state index < -0.39 is 0 Å². The van der Waals surface area contributed by atoms with Crippen molar-refractivity contribution in [2.45, 2.75) is 64.8 Å². The Morgan fingerprint density at radius 2 is 1.87 bits per heavy atom. The number of rotatable bonds is 6. The highest BCUT2D eigenvalue weighted by Gasteiger charge is 2.20. The minimum atomic E-state index is -0.0871. The van der Waals surface area contributed by atoms with Crippen LogP contribution in [0.15, 0.2) is 24.3 Å². The molecule has 1 aliphatic carbocycles. The topological polar surface area (TPSA) is 58.2 Å². The van der Waals surface area contributed by atoms with Crippen LogP contribution < -0.4 is 10.6 Å². The molecule has 0 aliphatic heterocycles. The van der Waals surface area contributed by atoms with Crippen LogP contribution in [-0.4, -0.2) is 17.9 Å². The van der Waals surface area contributed by atoms with Gasteiger partial charge < -0.3 is 10.6 Å².